The highest BCUT2D eigenvalue weighted by atomic mass is 16.5. The zero-order valence-electron chi connectivity index (χ0n) is 16.8. The zero-order chi connectivity index (χ0) is 21.4. The Balaban J connectivity index is 1.83. The Morgan fingerprint density at radius 3 is 2.21 bits per heavy atom. The standard InChI is InChI=1S/C21H24N2O6/c1-13-5-6-14(2)18(7-13)23-19(24)12-29-20(25)11-22-21(26)15-8-16(27-3)10-17(9-15)28-4/h5-10H,11-12H2,1-4H3,(H,22,26)(H,23,24). The van der Waals surface area contributed by atoms with Crippen molar-refractivity contribution in [2.24, 2.45) is 0 Å². The Labute approximate surface area is 169 Å². The van der Waals surface area contributed by atoms with Gasteiger partial charge in [0.1, 0.15) is 18.0 Å². The van der Waals surface area contributed by atoms with Crippen molar-refractivity contribution in [1.82, 2.24) is 5.32 Å². The van der Waals surface area contributed by atoms with Crippen LogP contribution in [0.15, 0.2) is 36.4 Å². The average Bonchev–Trinajstić information content (AvgIpc) is 2.72. The fraction of sp³-hybridized carbons (Fsp3) is 0.286. The second-order valence-electron chi connectivity index (χ2n) is 6.31. The van der Waals surface area contributed by atoms with Gasteiger partial charge in [0.05, 0.1) is 14.2 Å². The number of methoxy groups -OCH3 is 2. The van der Waals surface area contributed by atoms with Gasteiger partial charge in [-0.2, -0.15) is 0 Å². The second-order valence-corrected chi connectivity index (χ2v) is 6.31. The molecule has 2 rings (SSSR count). The first-order valence-electron chi connectivity index (χ1n) is 8.86. The predicted octanol–water partition coefficient (Wildman–Crippen LogP) is 2.23. The summed E-state index contributed by atoms with van der Waals surface area (Å²) >= 11 is 0. The zero-order valence-corrected chi connectivity index (χ0v) is 16.8. The summed E-state index contributed by atoms with van der Waals surface area (Å²) in [5.74, 6) is -0.806. The number of ether oxygens (including phenoxy) is 3. The first-order valence-corrected chi connectivity index (χ1v) is 8.86. The monoisotopic (exact) mass is 400 g/mol. The van der Waals surface area contributed by atoms with Crippen molar-refractivity contribution in [2.45, 2.75) is 13.8 Å². The first kappa shape index (κ1) is 21.7. The normalized spacial score (nSPS) is 10.1. The highest BCUT2D eigenvalue weighted by Gasteiger charge is 2.13. The number of hydrogen-bond donors (Lipinski definition) is 2. The van der Waals surface area contributed by atoms with E-state index in [1.54, 1.807) is 6.07 Å². The molecule has 0 aliphatic carbocycles. The van der Waals surface area contributed by atoms with Crippen molar-refractivity contribution in [3.8, 4) is 11.5 Å². The van der Waals surface area contributed by atoms with Gasteiger partial charge in [-0.3, -0.25) is 14.4 Å². The van der Waals surface area contributed by atoms with E-state index in [4.69, 9.17) is 14.2 Å². The molecular formula is C21H24N2O6. The Morgan fingerprint density at radius 1 is 0.931 bits per heavy atom. The largest absolute Gasteiger partial charge is 0.497 e. The number of nitrogens with one attached hydrogen (secondary N) is 2. The van der Waals surface area contributed by atoms with Gasteiger partial charge in [-0.1, -0.05) is 12.1 Å². The third kappa shape index (κ3) is 6.53. The molecule has 0 heterocycles. The van der Waals surface area contributed by atoms with E-state index in [1.807, 2.05) is 32.0 Å². The quantitative estimate of drug-likeness (QED) is 0.659. The van der Waals surface area contributed by atoms with E-state index in [1.165, 1.54) is 26.4 Å². The Morgan fingerprint density at radius 2 is 1.59 bits per heavy atom. The van der Waals surface area contributed by atoms with Crippen molar-refractivity contribution >= 4 is 23.5 Å². The van der Waals surface area contributed by atoms with Crippen LogP contribution in [0, 0.1) is 13.8 Å². The van der Waals surface area contributed by atoms with Crippen LogP contribution in [0.1, 0.15) is 21.5 Å². The summed E-state index contributed by atoms with van der Waals surface area (Å²) in [4.78, 5) is 36.0. The lowest BCUT2D eigenvalue weighted by atomic mass is 10.1. The molecule has 2 aromatic carbocycles. The van der Waals surface area contributed by atoms with E-state index in [0.717, 1.165) is 11.1 Å². The summed E-state index contributed by atoms with van der Waals surface area (Å²) in [7, 11) is 2.94. The second kappa shape index (κ2) is 10.1. The maximum absolute atomic E-state index is 12.2. The molecule has 0 bridgehead atoms. The van der Waals surface area contributed by atoms with E-state index in [2.05, 4.69) is 10.6 Å². The number of amides is 2. The van der Waals surface area contributed by atoms with Crippen LogP contribution < -0.4 is 20.1 Å². The van der Waals surface area contributed by atoms with E-state index in [-0.39, 0.29) is 12.1 Å². The molecule has 0 radical (unpaired) electrons. The lowest BCUT2D eigenvalue weighted by Crippen LogP contribution is -2.32. The van der Waals surface area contributed by atoms with Gasteiger partial charge < -0.3 is 24.8 Å². The number of aryl methyl sites for hydroxylation is 2. The Kier molecular flexibility index (Phi) is 7.59. The molecule has 8 heteroatoms. The number of anilines is 1. The summed E-state index contributed by atoms with van der Waals surface area (Å²) < 4.78 is 15.1. The fourth-order valence-corrected chi connectivity index (χ4v) is 2.45. The highest BCUT2D eigenvalue weighted by Crippen LogP contribution is 2.22. The number of benzene rings is 2. The molecule has 0 spiro atoms. The predicted molar refractivity (Wildman–Crippen MR) is 107 cm³/mol. The van der Waals surface area contributed by atoms with Gasteiger partial charge in [-0.25, -0.2) is 0 Å². The topological polar surface area (TPSA) is 103 Å². The Bertz CT molecular complexity index is 888. The maximum Gasteiger partial charge on any atom is 0.325 e. The molecule has 0 aliphatic heterocycles. The van der Waals surface area contributed by atoms with Gasteiger partial charge in [0.2, 0.25) is 0 Å². The van der Waals surface area contributed by atoms with E-state index < -0.39 is 24.4 Å². The Hall–Kier alpha value is -3.55. The fourth-order valence-electron chi connectivity index (χ4n) is 2.45. The molecule has 0 unspecified atom stereocenters. The maximum atomic E-state index is 12.2. The SMILES string of the molecule is COc1cc(OC)cc(C(=O)NCC(=O)OCC(=O)Nc2cc(C)ccc2C)c1. The molecule has 154 valence electrons. The minimum atomic E-state index is -0.732. The number of rotatable bonds is 8. The molecule has 0 saturated heterocycles. The van der Waals surface area contributed by atoms with Crippen LogP contribution in [-0.4, -0.2) is 45.2 Å². The van der Waals surface area contributed by atoms with Gasteiger partial charge >= 0.3 is 5.97 Å². The van der Waals surface area contributed by atoms with Gasteiger partial charge in [0.25, 0.3) is 11.8 Å². The van der Waals surface area contributed by atoms with Crippen LogP contribution in [0.4, 0.5) is 5.69 Å². The molecule has 2 aromatic rings. The third-order valence-electron chi connectivity index (χ3n) is 4.04. The van der Waals surface area contributed by atoms with Crippen LogP contribution in [0.5, 0.6) is 11.5 Å². The highest BCUT2D eigenvalue weighted by molar-refractivity contribution is 5.97. The van der Waals surface area contributed by atoms with Crippen LogP contribution in [0.3, 0.4) is 0 Å². The van der Waals surface area contributed by atoms with Gasteiger partial charge in [0, 0.05) is 17.3 Å². The summed E-state index contributed by atoms with van der Waals surface area (Å²) in [6.07, 6.45) is 0. The molecule has 0 saturated carbocycles. The summed E-state index contributed by atoms with van der Waals surface area (Å²) in [6, 6.07) is 10.3. The van der Waals surface area contributed by atoms with Crippen molar-refractivity contribution < 1.29 is 28.6 Å². The number of hydrogen-bond acceptors (Lipinski definition) is 6. The van der Waals surface area contributed by atoms with Gasteiger partial charge in [0.15, 0.2) is 6.61 Å². The molecule has 2 amide bonds. The van der Waals surface area contributed by atoms with Crippen LogP contribution in [0.2, 0.25) is 0 Å². The van der Waals surface area contributed by atoms with Crippen LogP contribution in [0.25, 0.3) is 0 Å². The molecule has 0 atom stereocenters. The van der Waals surface area contributed by atoms with Gasteiger partial charge in [-0.15, -0.1) is 0 Å². The van der Waals surface area contributed by atoms with E-state index in [9.17, 15) is 14.4 Å². The minimum absolute atomic E-state index is 0.265. The third-order valence-corrected chi connectivity index (χ3v) is 4.04. The first-order chi connectivity index (χ1) is 13.8. The molecule has 0 aromatic heterocycles. The van der Waals surface area contributed by atoms with Crippen LogP contribution >= 0.6 is 0 Å². The van der Waals surface area contributed by atoms with Crippen molar-refractivity contribution in [3.63, 3.8) is 0 Å². The summed E-state index contributed by atoms with van der Waals surface area (Å²) in [6.45, 7) is 2.95. The number of esters is 1. The summed E-state index contributed by atoms with van der Waals surface area (Å²) in [5.41, 5.74) is 2.82. The molecular weight excluding hydrogens is 376 g/mol. The number of carbonyl (C=O) groups is 3. The smallest absolute Gasteiger partial charge is 0.325 e. The van der Waals surface area contributed by atoms with E-state index >= 15 is 0 Å². The molecule has 2 N–H and O–H groups in total. The molecule has 8 nitrogen and oxygen atoms in total. The van der Waals surface area contributed by atoms with Crippen molar-refractivity contribution in [1.29, 1.82) is 0 Å². The number of carbonyl (C=O) groups excluding carboxylic acids is 3. The molecule has 0 fully saturated rings. The van der Waals surface area contributed by atoms with E-state index in [0.29, 0.717) is 17.2 Å². The van der Waals surface area contributed by atoms with Crippen molar-refractivity contribution in [3.05, 3.63) is 53.1 Å². The van der Waals surface area contributed by atoms with Crippen molar-refractivity contribution in [2.75, 3.05) is 32.7 Å². The lowest BCUT2D eigenvalue weighted by Gasteiger charge is -2.11. The van der Waals surface area contributed by atoms with Gasteiger partial charge in [-0.05, 0) is 43.2 Å². The molecule has 0 aliphatic rings. The minimum Gasteiger partial charge on any atom is -0.497 e. The summed E-state index contributed by atoms with van der Waals surface area (Å²) in [5, 5.41) is 5.13. The molecule has 29 heavy (non-hydrogen) atoms. The lowest BCUT2D eigenvalue weighted by molar-refractivity contribution is -0.146. The van der Waals surface area contributed by atoms with Crippen LogP contribution in [-0.2, 0) is 14.3 Å². The average molecular weight is 400 g/mol.